The second-order valence-corrected chi connectivity index (χ2v) is 4.29. The summed E-state index contributed by atoms with van der Waals surface area (Å²) in [5, 5.41) is 3.18. The van der Waals surface area contributed by atoms with E-state index in [1.165, 1.54) is 13.1 Å². The summed E-state index contributed by atoms with van der Waals surface area (Å²) in [6.07, 6.45) is 0. The van der Waals surface area contributed by atoms with Crippen molar-refractivity contribution in [1.29, 1.82) is 0 Å². The van der Waals surface area contributed by atoms with Gasteiger partial charge in [-0.15, -0.1) is 37.2 Å². The van der Waals surface area contributed by atoms with Crippen LogP contribution in [0.5, 0.6) is 0 Å². The number of hydrogen-bond donors (Lipinski definition) is 1. The first-order chi connectivity index (χ1) is 5.48. The summed E-state index contributed by atoms with van der Waals surface area (Å²) in [7, 11) is 10.8. The molecule has 0 fully saturated rings. The Bertz CT molecular complexity index is 121. The van der Waals surface area contributed by atoms with Crippen molar-refractivity contribution >= 4 is 37.2 Å². The van der Waals surface area contributed by atoms with Crippen LogP contribution in [0.4, 0.5) is 0 Å². The van der Waals surface area contributed by atoms with Crippen LogP contribution in [0.2, 0.25) is 0 Å². The Morgan fingerprint density at radius 3 is 1.80 bits per heavy atom. The average molecular weight is 284 g/mol. The SMILES string of the molecule is CNCC[N+](C)(C)CCN(C)C.Cl.Cl.Cl. The van der Waals surface area contributed by atoms with E-state index in [9.17, 15) is 0 Å². The van der Waals surface area contributed by atoms with Gasteiger partial charge in [0.1, 0.15) is 0 Å². The number of rotatable bonds is 6. The second kappa shape index (κ2) is 12.8. The number of nitrogens with zero attached hydrogens (tertiary/aromatic N) is 2. The van der Waals surface area contributed by atoms with Gasteiger partial charge in [-0.3, -0.25) is 0 Å². The van der Waals surface area contributed by atoms with E-state index in [-0.39, 0.29) is 37.2 Å². The fourth-order valence-corrected chi connectivity index (χ4v) is 0.997. The Balaban J connectivity index is -0.000000202. The van der Waals surface area contributed by atoms with Gasteiger partial charge in [-0.1, -0.05) is 0 Å². The van der Waals surface area contributed by atoms with Gasteiger partial charge in [0.25, 0.3) is 0 Å². The summed E-state index contributed by atoms with van der Waals surface area (Å²) in [5.41, 5.74) is 0. The molecule has 0 aromatic heterocycles. The first-order valence-corrected chi connectivity index (χ1v) is 4.59. The number of quaternary nitrogens is 1. The molecule has 15 heavy (non-hydrogen) atoms. The molecule has 0 spiro atoms. The third-order valence-electron chi connectivity index (χ3n) is 2.12. The molecule has 1 N–H and O–H groups in total. The van der Waals surface area contributed by atoms with Crippen molar-refractivity contribution < 1.29 is 4.48 Å². The summed E-state index contributed by atoms with van der Waals surface area (Å²) >= 11 is 0. The zero-order valence-electron chi connectivity index (χ0n) is 10.4. The van der Waals surface area contributed by atoms with Crippen molar-refractivity contribution in [2.45, 2.75) is 0 Å². The number of nitrogens with one attached hydrogen (secondary N) is 1. The van der Waals surface area contributed by atoms with Gasteiger partial charge < -0.3 is 14.7 Å². The van der Waals surface area contributed by atoms with Crippen LogP contribution in [-0.4, -0.2) is 70.8 Å². The predicted molar refractivity (Wildman–Crippen MR) is 76.1 cm³/mol. The van der Waals surface area contributed by atoms with Gasteiger partial charge in [-0.05, 0) is 21.1 Å². The summed E-state index contributed by atoms with van der Waals surface area (Å²) in [6, 6.07) is 0. The average Bonchev–Trinajstić information content (AvgIpc) is 1.98. The van der Waals surface area contributed by atoms with Crippen molar-refractivity contribution in [2.75, 3.05) is 61.4 Å². The molecule has 0 bridgehead atoms. The molecule has 0 atom stereocenters. The third kappa shape index (κ3) is 17.4. The lowest BCUT2D eigenvalue weighted by Crippen LogP contribution is -2.47. The van der Waals surface area contributed by atoms with Crippen LogP contribution in [0.3, 0.4) is 0 Å². The molecule has 0 rings (SSSR count). The maximum Gasteiger partial charge on any atom is 0.0911 e. The van der Waals surface area contributed by atoms with Crippen molar-refractivity contribution in [3.63, 3.8) is 0 Å². The molecule has 6 heteroatoms. The molecule has 98 valence electrons. The maximum absolute atomic E-state index is 3.18. The highest BCUT2D eigenvalue weighted by atomic mass is 35.5. The molecule has 0 aromatic carbocycles. The fraction of sp³-hybridized carbons (Fsp3) is 1.00. The predicted octanol–water partition coefficient (Wildman–Crippen LogP) is 1.11. The van der Waals surface area contributed by atoms with E-state index in [0.717, 1.165) is 17.6 Å². The lowest BCUT2D eigenvalue weighted by Gasteiger charge is -2.30. The first-order valence-electron chi connectivity index (χ1n) is 4.59. The van der Waals surface area contributed by atoms with Gasteiger partial charge >= 0.3 is 0 Å². The van der Waals surface area contributed by atoms with Gasteiger partial charge in [0, 0.05) is 13.1 Å². The summed E-state index contributed by atoms with van der Waals surface area (Å²) in [5.74, 6) is 0. The summed E-state index contributed by atoms with van der Waals surface area (Å²) in [6.45, 7) is 4.68. The molecule has 0 unspecified atom stereocenters. The van der Waals surface area contributed by atoms with Crippen LogP contribution in [-0.2, 0) is 0 Å². The zero-order valence-corrected chi connectivity index (χ0v) is 12.9. The Morgan fingerprint density at radius 2 is 1.47 bits per heavy atom. The van der Waals surface area contributed by atoms with E-state index in [1.807, 2.05) is 7.05 Å². The Kier molecular flexibility index (Phi) is 21.2. The van der Waals surface area contributed by atoms with Crippen LogP contribution in [0.1, 0.15) is 0 Å². The van der Waals surface area contributed by atoms with Crippen LogP contribution < -0.4 is 5.32 Å². The number of likely N-dealkylation sites (N-methyl/N-ethyl adjacent to an activating group) is 3. The lowest BCUT2D eigenvalue weighted by molar-refractivity contribution is -0.888. The normalized spacial score (nSPS) is 10.0. The molecule has 0 amide bonds. The van der Waals surface area contributed by atoms with E-state index in [2.05, 4.69) is 38.4 Å². The minimum atomic E-state index is 0. The fourth-order valence-electron chi connectivity index (χ4n) is 0.997. The number of halogens is 3. The highest BCUT2D eigenvalue weighted by Crippen LogP contribution is 1.95. The van der Waals surface area contributed by atoms with E-state index in [1.54, 1.807) is 0 Å². The quantitative estimate of drug-likeness (QED) is 0.735. The van der Waals surface area contributed by atoms with E-state index < -0.39 is 0 Å². The minimum Gasteiger partial charge on any atom is -0.326 e. The third-order valence-corrected chi connectivity index (χ3v) is 2.12. The zero-order chi connectivity index (χ0) is 9.61. The Labute approximate surface area is 113 Å². The molecule has 0 heterocycles. The Hall–Kier alpha value is 0.750. The van der Waals surface area contributed by atoms with E-state index >= 15 is 0 Å². The summed E-state index contributed by atoms with van der Waals surface area (Å²) in [4.78, 5) is 2.24. The highest BCUT2D eigenvalue weighted by Gasteiger charge is 2.13. The Morgan fingerprint density at radius 1 is 1.00 bits per heavy atom. The maximum atomic E-state index is 3.18. The summed E-state index contributed by atoms with van der Waals surface area (Å²) < 4.78 is 1.10. The highest BCUT2D eigenvalue weighted by molar-refractivity contribution is 5.86. The molecule has 0 aliphatic carbocycles. The van der Waals surface area contributed by atoms with Crippen LogP contribution in [0, 0.1) is 0 Å². The van der Waals surface area contributed by atoms with Gasteiger partial charge in [-0.25, -0.2) is 0 Å². The van der Waals surface area contributed by atoms with E-state index in [4.69, 9.17) is 0 Å². The molecule has 0 aromatic rings. The smallest absolute Gasteiger partial charge is 0.0911 e. The topological polar surface area (TPSA) is 15.3 Å². The second-order valence-electron chi connectivity index (χ2n) is 4.29. The molecule has 0 saturated carbocycles. The van der Waals surface area contributed by atoms with Gasteiger partial charge in [0.05, 0.1) is 27.2 Å². The molecule has 0 aliphatic rings. The minimum absolute atomic E-state index is 0. The van der Waals surface area contributed by atoms with Gasteiger partial charge in [-0.2, -0.15) is 0 Å². The monoisotopic (exact) mass is 282 g/mol. The largest absolute Gasteiger partial charge is 0.326 e. The van der Waals surface area contributed by atoms with Crippen molar-refractivity contribution in [3.8, 4) is 0 Å². The molecule has 0 saturated heterocycles. The van der Waals surface area contributed by atoms with Crippen molar-refractivity contribution in [3.05, 3.63) is 0 Å². The van der Waals surface area contributed by atoms with Gasteiger partial charge in [0.2, 0.25) is 0 Å². The molecular weight excluding hydrogens is 256 g/mol. The first kappa shape index (κ1) is 24.8. The van der Waals surface area contributed by atoms with Crippen LogP contribution >= 0.6 is 37.2 Å². The molecule has 0 aliphatic heterocycles. The standard InChI is InChI=1S/C9H24N3.3ClH/c1-10-6-8-12(4,5)9-7-11(2)3;;;/h10H,6-9H2,1-5H3;3*1H/q+1;;;. The molecular formula is C9H27Cl3N3+. The van der Waals surface area contributed by atoms with Gasteiger partial charge in [0.15, 0.2) is 0 Å². The van der Waals surface area contributed by atoms with Crippen LogP contribution in [0.15, 0.2) is 0 Å². The van der Waals surface area contributed by atoms with Crippen molar-refractivity contribution in [2.24, 2.45) is 0 Å². The van der Waals surface area contributed by atoms with Crippen molar-refractivity contribution in [1.82, 2.24) is 10.2 Å². The number of hydrogen-bond acceptors (Lipinski definition) is 2. The van der Waals surface area contributed by atoms with E-state index in [0.29, 0.717) is 0 Å². The lowest BCUT2D eigenvalue weighted by atomic mass is 10.4. The molecule has 0 radical (unpaired) electrons. The van der Waals surface area contributed by atoms with Crippen LogP contribution in [0.25, 0.3) is 0 Å². The molecule has 3 nitrogen and oxygen atoms in total.